The fourth-order valence-corrected chi connectivity index (χ4v) is 6.52. The summed E-state index contributed by atoms with van der Waals surface area (Å²) in [5.41, 5.74) is 0.648. The van der Waals surface area contributed by atoms with Gasteiger partial charge in [-0.25, -0.2) is 17.6 Å². The molecule has 3 aromatic carbocycles. The van der Waals surface area contributed by atoms with Crippen molar-refractivity contribution < 1.29 is 31.4 Å². The average molecular weight is 603 g/mol. The van der Waals surface area contributed by atoms with Gasteiger partial charge in [0.2, 0.25) is 0 Å². The molecule has 42 heavy (non-hydrogen) atoms. The van der Waals surface area contributed by atoms with Crippen LogP contribution in [0.5, 0.6) is 17.2 Å². The maximum Gasteiger partial charge on any atom is 0.271 e. The normalized spacial score (nSPS) is 14.5. The van der Waals surface area contributed by atoms with Gasteiger partial charge in [0.25, 0.3) is 5.92 Å². The van der Waals surface area contributed by atoms with Crippen LogP contribution in [0.1, 0.15) is 18.9 Å². The summed E-state index contributed by atoms with van der Waals surface area (Å²) in [5.74, 6) is -4.98. The highest BCUT2D eigenvalue weighted by Gasteiger charge is 2.33. The van der Waals surface area contributed by atoms with Crippen LogP contribution in [0.2, 0.25) is 0 Å². The number of ether oxygens (including phenoxy) is 2. The van der Waals surface area contributed by atoms with E-state index in [1.807, 2.05) is 0 Å². The highest BCUT2D eigenvalue weighted by molar-refractivity contribution is 7.23. The summed E-state index contributed by atoms with van der Waals surface area (Å²) in [5, 5.41) is 11.7. The van der Waals surface area contributed by atoms with E-state index in [9.17, 15) is 22.0 Å². The molecule has 1 aliphatic rings. The van der Waals surface area contributed by atoms with E-state index in [0.717, 1.165) is 47.1 Å². The lowest BCUT2D eigenvalue weighted by Crippen LogP contribution is -2.54. The standard InChI is InChI=1S/C30H27F5N4O2S/c1-30(34,35)21-12-23(33)22(32)11-19(21)29-27(18-5-7-24-20(13-36-38-24)28(18)42-29)41-17-4-6-25(26(10-17)40-2)37-16-14-39(15-16)9-3-8-31/h4-7,10-13,16,37H,3,8-9,14-15H2,1-2H3,(H,36,38). The zero-order valence-electron chi connectivity index (χ0n) is 22.7. The maximum absolute atomic E-state index is 14.7. The van der Waals surface area contributed by atoms with E-state index in [2.05, 4.69) is 20.4 Å². The van der Waals surface area contributed by atoms with E-state index >= 15 is 0 Å². The van der Waals surface area contributed by atoms with Crippen LogP contribution in [0.4, 0.5) is 27.6 Å². The molecule has 1 aliphatic heterocycles. The number of hydrogen-bond acceptors (Lipinski definition) is 6. The second-order valence-electron chi connectivity index (χ2n) is 10.3. The molecule has 1 saturated heterocycles. The SMILES string of the molecule is COc1cc(Oc2c(-c3cc(F)c(F)cc3C(C)(F)F)sc3c2ccc2[nH]ncc23)ccc1NC1CN(CCCF)C1. The number of thiophene rings is 1. The summed E-state index contributed by atoms with van der Waals surface area (Å²) in [4.78, 5) is 2.38. The lowest BCUT2D eigenvalue weighted by atomic mass is 9.99. The number of anilines is 1. The fraction of sp³-hybridized carbons (Fsp3) is 0.300. The number of halogens is 5. The number of alkyl halides is 3. The summed E-state index contributed by atoms with van der Waals surface area (Å²) in [6, 6.07) is 10.2. The largest absolute Gasteiger partial charge is 0.494 e. The molecule has 5 aromatic rings. The van der Waals surface area contributed by atoms with E-state index in [1.165, 1.54) is 7.11 Å². The topological polar surface area (TPSA) is 62.4 Å². The van der Waals surface area contributed by atoms with Crippen molar-refractivity contribution >= 4 is 38.0 Å². The summed E-state index contributed by atoms with van der Waals surface area (Å²) in [7, 11) is 1.52. The molecule has 12 heteroatoms. The lowest BCUT2D eigenvalue weighted by molar-refractivity contribution is 0.0177. The zero-order chi connectivity index (χ0) is 29.6. The molecule has 0 radical (unpaired) electrons. The number of H-pyrrole nitrogens is 1. The third-order valence-corrected chi connectivity index (χ3v) is 8.58. The van der Waals surface area contributed by atoms with Gasteiger partial charge in [0.05, 0.1) is 42.1 Å². The Morgan fingerprint density at radius 2 is 1.88 bits per heavy atom. The first kappa shape index (κ1) is 28.2. The highest BCUT2D eigenvalue weighted by atomic mass is 32.1. The van der Waals surface area contributed by atoms with E-state index in [1.54, 1.807) is 36.5 Å². The van der Waals surface area contributed by atoms with Crippen molar-refractivity contribution in [2.75, 3.05) is 38.7 Å². The summed E-state index contributed by atoms with van der Waals surface area (Å²) in [6.45, 7) is 2.59. The predicted octanol–water partition coefficient (Wildman–Crippen LogP) is 8.09. The molecule has 0 unspecified atom stereocenters. The first-order valence-corrected chi connectivity index (χ1v) is 14.1. The Bertz CT molecular complexity index is 1760. The van der Waals surface area contributed by atoms with Crippen molar-refractivity contribution in [3.63, 3.8) is 0 Å². The highest BCUT2D eigenvalue weighted by Crippen LogP contribution is 2.51. The maximum atomic E-state index is 14.7. The molecule has 0 amide bonds. The number of fused-ring (bicyclic) bond motifs is 3. The Hall–Kier alpha value is -3.90. The van der Waals surface area contributed by atoms with E-state index in [0.29, 0.717) is 47.5 Å². The van der Waals surface area contributed by atoms with E-state index in [-0.39, 0.29) is 28.9 Å². The zero-order valence-corrected chi connectivity index (χ0v) is 23.6. The molecule has 0 aliphatic carbocycles. The van der Waals surface area contributed by atoms with Crippen molar-refractivity contribution in [1.82, 2.24) is 15.1 Å². The minimum Gasteiger partial charge on any atom is -0.494 e. The Balaban J connectivity index is 1.40. The monoisotopic (exact) mass is 602 g/mol. The predicted molar refractivity (Wildman–Crippen MR) is 154 cm³/mol. The second-order valence-corrected chi connectivity index (χ2v) is 11.4. The minimum atomic E-state index is -3.46. The Kier molecular flexibility index (Phi) is 7.44. The van der Waals surface area contributed by atoms with Crippen molar-refractivity contribution in [3.05, 3.63) is 65.9 Å². The van der Waals surface area contributed by atoms with Gasteiger partial charge in [-0.15, -0.1) is 11.3 Å². The van der Waals surface area contributed by atoms with Crippen LogP contribution in [0.15, 0.2) is 48.7 Å². The molecule has 0 atom stereocenters. The van der Waals surface area contributed by atoms with Gasteiger partial charge in [-0.3, -0.25) is 14.4 Å². The molecule has 6 nitrogen and oxygen atoms in total. The van der Waals surface area contributed by atoms with Gasteiger partial charge >= 0.3 is 0 Å². The molecule has 0 spiro atoms. The first-order chi connectivity index (χ1) is 20.2. The number of nitrogens with zero attached hydrogens (tertiary/aromatic N) is 2. The number of aromatic nitrogens is 2. The third-order valence-electron chi connectivity index (χ3n) is 7.33. The smallest absolute Gasteiger partial charge is 0.271 e. The van der Waals surface area contributed by atoms with Crippen LogP contribution in [0.3, 0.4) is 0 Å². The number of rotatable bonds is 10. The number of likely N-dealkylation sites (tertiary alicyclic amines) is 1. The van der Waals surface area contributed by atoms with Crippen molar-refractivity contribution in [1.29, 1.82) is 0 Å². The Labute approximate surface area is 242 Å². The number of aromatic amines is 1. The molecule has 2 N–H and O–H groups in total. The van der Waals surface area contributed by atoms with Crippen LogP contribution in [0.25, 0.3) is 31.4 Å². The number of nitrogens with one attached hydrogen (secondary N) is 2. The molecule has 6 rings (SSSR count). The molecule has 1 fully saturated rings. The molecule has 2 aromatic heterocycles. The molecule has 220 valence electrons. The van der Waals surface area contributed by atoms with E-state index < -0.39 is 23.1 Å². The first-order valence-electron chi connectivity index (χ1n) is 13.3. The summed E-state index contributed by atoms with van der Waals surface area (Å²) >= 11 is 1.13. The number of benzene rings is 3. The van der Waals surface area contributed by atoms with E-state index in [4.69, 9.17) is 9.47 Å². The van der Waals surface area contributed by atoms with Gasteiger partial charge in [0.1, 0.15) is 11.5 Å². The molecule has 0 saturated carbocycles. The van der Waals surface area contributed by atoms with Crippen molar-refractivity contribution in [2.24, 2.45) is 0 Å². The quantitative estimate of drug-likeness (QED) is 0.158. The van der Waals surface area contributed by atoms with Gasteiger partial charge in [-0.05, 0) is 42.8 Å². The van der Waals surface area contributed by atoms with Crippen molar-refractivity contribution in [2.45, 2.75) is 25.3 Å². The molecular formula is C30H27F5N4O2S. The van der Waals surface area contributed by atoms with Gasteiger partial charge in [0, 0.05) is 59.2 Å². The van der Waals surface area contributed by atoms with Crippen LogP contribution < -0.4 is 14.8 Å². The molecular weight excluding hydrogens is 575 g/mol. The minimum absolute atomic E-state index is 0.165. The Morgan fingerprint density at radius 1 is 1.10 bits per heavy atom. The second kappa shape index (κ2) is 11.1. The van der Waals surface area contributed by atoms with Crippen LogP contribution in [0, 0.1) is 11.6 Å². The molecule has 3 heterocycles. The third kappa shape index (κ3) is 5.24. The Morgan fingerprint density at radius 3 is 2.62 bits per heavy atom. The fourth-order valence-electron chi connectivity index (χ4n) is 5.25. The van der Waals surface area contributed by atoms with Crippen molar-refractivity contribution in [3.8, 4) is 27.7 Å². The van der Waals surface area contributed by atoms with Crippen LogP contribution in [-0.4, -0.2) is 54.6 Å². The van der Waals surface area contributed by atoms with Gasteiger partial charge < -0.3 is 14.8 Å². The van der Waals surface area contributed by atoms with Gasteiger partial charge in [-0.2, -0.15) is 5.10 Å². The number of methoxy groups -OCH3 is 1. The molecule has 0 bridgehead atoms. The number of hydrogen-bond donors (Lipinski definition) is 2. The summed E-state index contributed by atoms with van der Waals surface area (Å²) in [6.07, 6.45) is 2.13. The van der Waals surface area contributed by atoms with Crippen LogP contribution >= 0.6 is 11.3 Å². The van der Waals surface area contributed by atoms with Crippen LogP contribution in [-0.2, 0) is 5.92 Å². The summed E-state index contributed by atoms with van der Waals surface area (Å²) < 4.78 is 83.2. The van der Waals surface area contributed by atoms with Gasteiger partial charge in [0.15, 0.2) is 17.4 Å². The van der Waals surface area contributed by atoms with Gasteiger partial charge in [-0.1, -0.05) is 0 Å². The lowest BCUT2D eigenvalue weighted by Gasteiger charge is -2.40. The average Bonchev–Trinajstić information content (AvgIpc) is 3.56.